The molecule has 1 aromatic rings. The SMILES string of the molecule is CC1=C\C(O[Si](C)(C)C(C)(C)C)CC(=O)Cc2nc(c([Si](C)(C)C)o2)C(=O)N2CCC[C@@H]2C(=O)O[C@H](C(C)C)[C@H](C)/C=C/C(=O)NC\C=C\1. The summed E-state index contributed by atoms with van der Waals surface area (Å²) < 4.78 is 19.0. The second kappa shape index (κ2) is 16.3. The number of cyclic esters (lactones) is 1. The molecule has 0 aromatic carbocycles. The first-order valence-corrected chi connectivity index (χ1v) is 24.0. The predicted molar refractivity (Wildman–Crippen MR) is 198 cm³/mol. The summed E-state index contributed by atoms with van der Waals surface area (Å²) in [5.41, 5.74) is 1.08. The molecule has 272 valence electrons. The van der Waals surface area contributed by atoms with Crippen molar-refractivity contribution < 1.29 is 32.8 Å². The predicted octanol–water partition coefficient (Wildman–Crippen LogP) is 6.11. The Morgan fingerprint density at radius 3 is 2.35 bits per heavy atom. The molecule has 2 aliphatic heterocycles. The number of allylic oxidation sites excluding steroid dienone is 2. The van der Waals surface area contributed by atoms with Crippen LogP contribution in [0.4, 0.5) is 0 Å². The number of amides is 2. The smallest absolute Gasteiger partial charge is 0.329 e. The average Bonchev–Trinajstić information content (AvgIpc) is 3.63. The van der Waals surface area contributed by atoms with Crippen LogP contribution in [0.3, 0.4) is 0 Å². The van der Waals surface area contributed by atoms with E-state index in [-0.39, 0.29) is 58.9 Å². The summed E-state index contributed by atoms with van der Waals surface area (Å²) in [6.45, 7) is 25.5. The number of fused-ring (bicyclic) bond motifs is 3. The number of Topliss-reactive ketones (excluding diaryl/α,β-unsaturated/α-hetero) is 1. The first kappa shape index (κ1) is 40.3. The van der Waals surface area contributed by atoms with Crippen LogP contribution in [-0.4, -0.2) is 81.2 Å². The van der Waals surface area contributed by atoms with Crippen LogP contribution in [0, 0.1) is 11.8 Å². The molecule has 0 spiro atoms. The van der Waals surface area contributed by atoms with Crippen molar-refractivity contribution in [2.75, 3.05) is 13.1 Å². The standard InChI is InChI=1S/C37H59N3O7Si2/c1-24(2)33-26(4)17-18-30(42)38-19-13-15-25(3)21-28(47-49(11,12)37(5,6)7)22-27(41)23-31-39-32(36(45-31)48(8,9)10)34(43)40-20-14-16-29(40)35(44)46-33/h13,15,17-18,21,24,26,28-29,33H,14,16,19-20,22-23H2,1-12H3,(H,38,42)/b15-13+,18-17+,25-21+/t26-,28?,29-,33-/m1/s1. The maximum atomic E-state index is 14.1. The van der Waals surface area contributed by atoms with E-state index in [2.05, 4.69) is 63.8 Å². The fourth-order valence-corrected chi connectivity index (χ4v) is 8.42. The van der Waals surface area contributed by atoms with Crippen LogP contribution in [0.2, 0.25) is 37.8 Å². The van der Waals surface area contributed by atoms with Gasteiger partial charge in [-0.05, 0) is 49.9 Å². The molecular weight excluding hydrogens is 655 g/mol. The zero-order valence-electron chi connectivity index (χ0n) is 31.8. The fraction of sp³-hybridized carbons (Fsp3) is 0.649. The van der Waals surface area contributed by atoms with E-state index in [0.29, 0.717) is 31.3 Å². The highest BCUT2D eigenvalue weighted by Gasteiger charge is 2.42. The van der Waals surface area contributed by atoms with Gasteiger partial charge in [-0.3, -0.25) is 14.4 Å². The second-order valence-corrected chi connectivity index (χ2v) is 26.2. The Hall–Kier alpha value is -3.10. The van der Waals surface area contributed by atoms with Crippen LogP contribution in [0.1, 0.15) is 84.1 Å². The summed E-state index contributed by atoms with van der Waals surface area (Å²) >= 11 is 0. The number of ketones is 1. The molecule has 0 saturated carbocycles. The van der Waals surface area contributed by atoms with E-state index in [1.165, 1.54) is 6.08 Å². The second-order valence-electron chi connectivity index (χ2n) is 16.5. The summed E-state index contributed by atoms with van der Waals surface area (Å²) in [4.78, 5) is 60.2. The van der Waals surface area contributed by atoms with Crippen molar-refractivity contribution in [2.45, 2.75) is 130 Å². The summed E-state index contributed by atoms with van der Waals surface area (Å²) in [6, 6.07) is -0.763. The number of carbonyl (C=O) groups excluding carboxylic acids is 4. The Balaban J connectivity index is 2.06. The van der Waals surface area contributed by atoms with Gasteiger partial charge in [0.25, 0.3) is 5.91 Å². The van der Waals surface area contributed by atoms with E-state index in [0.717, 1.165) is 5.57 Å². The molecule has 0 radical (unpaired) electrons. The van der Waals surface area contributed by atoms with E-state index in [4.69, 9.17) is 13.6 Å². The highest BCUT2D eigenvalue weighted by molar-refractivity contribution is 6.88. The van der Waals surface area contributed by atoms with Crippen molar-refractivity contribution in [2.24, 2.45) is 11.8 Å². The topological polar surface area (TPSA) is 128 Å². The molecule has 12 heteroatoms. The van der Waals surface area contributed by atoms with Gasteiger partial charge in [-0.15, -0.1) is 0 Å². The number of esters is 1. The van der Waals surface area contributed by atoms with E-state index < -0.39 is 40.6 Å². The molecule has 49 heavy (non-hydrogen) atoms. The summed E-state index contributed by atoms with van der Waals surface area (Å²) in [5, 5.41) is 3.31. The largest absolute Gasteiger partial charge is 0.460 e. The summed E-state index contributed by atoms with van der Waals surface area (Å²) in [6.07, 6.45) is 9.14. The minimum Gasteiger partial charge on any atom is -0.460 e. The molecule has 1 N–H and O–H groups in total. The van der Waals surface area contributed by atoms with E-state index in [1.54, 1.807) is 11.0 Å². The molecule has 2 aliphatic rings. The number of ether oxygens (including phenoxy) is 1. The lowest BCUT2D eigenvalue weighted by molar-refractivity contribution is -0.158. The third-order valence-corrected chi connectivity index (χ3v) is 15.8. The Bertz CT molecular complexity index is 1460. The Morgan fingerprint density at radius 1 is 1.06 bits per heavy atom. The molecule has 1 aromatic heterocycles. The number of aromatic nitrogens is 1. The average molecular weight is 714 g/mol. The van der Waals surface area contributed by atoms with E-state index in [9.17, 15) is 19.2 Å². The maximum Gasteiger partial charge on any atom is 0.329 e. The van der Waals surface area contributed by atoms with Gasteiger partial charge in [0, 0.05) is 25.4 Å². The van der Waals surface area contributed by atoms with Gasteiger partial charge in [0.1, 0.15) is 31.4 Å². The van der Waals surface area contributed by atoms with Crippen LogP contribution < -0.4 is 10.7 Å². The maximum absolute atomic E-state index is 14.1. The number of hydrogen-bond donors (Lipinski definition) is 1. The molecule has 2 amide bonds. The molecule has 10 nitrogen and oxygen atoms in total. The molecule has 1 fully saturated rings. The van der Waals surface area contributed by atoms with E-state index in [1.807, 2.05) is 45.9 Å². The highest BCUT2D eigenvalue weighted by Crippen LogP contribution is 2.38. The number of nitrogens with one attached hydrogen (secondary N) is 1. The molecule has 3 heterocycles. The minimum atomic E-state index is -2.26. The molecule has 4 atom stereocenters. The van der Waals surface area contributed by atoms with Crippen molar-refractivity contribution in [1.82, 2.24) is 15.2 Å². The third-order valence-electron chi connectivity index (χ3n) is 9.57. The van der Waals surface area contributed by atoms with Gasteiger partial charge >= 0.3 is 5.97 Å². The summed E-state index contributed by atoms with van der Waals surface area (Å²) in [5.74, 6) is -1.29. The zero-order valence-corrected chi connectivity index (χ0v) is 33.8. The van der Waals surface area contributed by atoms with Gasteiger partial charge in [0.2, 0.25) is 11.8 Å². The number of rotatable bonds is 4. The van der Waals surface area contributed by atoms with Crippen molar-refractivity contribution in [3.8, 4) is 0 Å². The summed E-state index contributed by atoms with van der Waals surface area (Å²) in [7, 11) is -4.49. The van der Waals surface area contributed by atoms with Gasteiger partial charge in [0.15, 0.2) is 14.0 Å². The molecule has 1 unspecified atom stereocenters. The van der Waals surface area contributed by atoms with Gasteiger partial charge in [-0.25, -0.2) is 9.78 Å². The molecule has 1 saturated heterocycles. The monoisotopic (exact) mass is 713 g/mol. The van der Waals surface area contributed by atoms with Crippen LogP contribution >= 0.6 is 0 Å². The Kier molecular flexibility index (Phi) is 13.4. The molecule has 3 rings (SSSR count). The first-order chi connectivity index (χ1) is 22.6. The number of oxazole rings is 1. The zero-order chi connectivity index (χ0) is 36.9. The first-order valence-electron chi connectivity index (χ1n) is 17.6. The van der Waals surface area contributed by atoms with Crippen molar-refractivity contribution in [3.05, 3.63) is 47.5 Å². The third kappa shape index (κ3) is 10.9. The van der Waals surface area contributed by atoms with Crippen LogP contribution in [0.15, 0.2) is 40.4 Å². The van der Waals surface area contributed by atoms with Gasteiger partial charge in [-0.1, -0.05) is 91.1 Å². The lowest BCUT2D eigenvalue weighted by atomic mass is 9.94. The molecule has 0 aliphatic carbocycles. The number of nitrogens with zero attached hydrogens (tertiary/aromatic N) is 2. The molecular formula is C37H59N3O7Si2. The van der Waals surface area contributed by atoms with E-state index >= 15 is 0 Å². The van der Waals surface area contributed by atoms with Crippen molar-refractivity contribution in [1.29, 1.82) is 0 Å². The number of hydrogen-bond acceptors (Lipinski definition) is 8. The normalized spacial score (nSPS) is 26.9. The van der Waals surface area contributed by atoms with Crippen molar-refractivity contribution >= 4 is 45.3 Å². The lowest BCUT2D eigenvalue weighted by Crippen LogP contribution is -2.47. The van der Waals surface area contributed by atoms with Crippen LogP contribution in [-0.2, 0) is 30.0 Å². The highest BCUT2D eigenvalue weighted by atomic mass is 28.4. The number of carbonyl (C=O) groups is 4. The molecule has 2 bridgehead atoms. The van der Waals surface area contributed by atoms with Crippen molar-refractivity contribution in [3.63, 3.8) is 0 Å². The van der Waals surface area contributed by atoms with Crippen LogP contribution in [0.5, 0.6) is 0 Å². The minimum absolute atomic E-state index is 0.0250. The van der Waals surface area contributed by atoms with Crippen LogP contribution in [0.25, 0.3) is 0 Å². The Morgan fingerprint density at radius 2 is 1.73 bits per heavy atom. The fourth-order valence-electron chi connectivity index (χ4n) is 5.86. The Labute approximate surface area is 295 Å². The van der Waals surface area contributed by atoms with Gasteiger partial charge < -0.3 is 23.8 Å². The van der Waals surface area contributed by atoms with Gasteiger partial charge in [0.05, 0.1) is 12.5 Å². The van der Waals surface area contributed by atoms with Gasteiger partial charge in [-0.2, -0.15) is 0 Å². The quantitative estimate of drug-likeness (QED) is 0.293. The lowest BCUT2D eigenvalue weighted by Gasteiger charge is -2.38.